The fourth-order valence-corrected chi connectivity index (χ4v) is 3.91. The van der Waals surface area contributed by atoms with Crippen LogP contribution in [0.4, 0.5) is 5.69 Å². The summed E-state index contributed by atoms with van der Waals surface area (Å²) in [4.78, 5) is 9.25. The maximum absolute atomic E-state index is 4.77. The number of anilines is 1. The highest BCUT2D eigenvalue weighted by Gasteiger charge is 2.30. The Balaban J connectivity index is 1.82. The van der Waals surface area contributed by atoms with Crippen molar-refractivity contribution in [2.75, 3.05) is 17.6 Å². The molecule has 0 saturated carbocycles. The number of nitrogens with zero attached hydrogens (tertiary/aromatic N) is 2. The molecule has 1 N–H and O–H groups in total. The van der Waals surface area contributed by atoms with Crippen molar-refractivity contribution in [1.29, 1.82) is 0 Å². The van der Waals surface area contributed by atoms with Crippen molar-refractivity contribution in [2.24, 2.45) is 10.4 Å². The molecule has 3 rings (SSSR count). The number of benzene rings is 1. The van der Waals surface area contributed by atoms with E-state index in [2.05, 4.69) is 48.4 Å². The number of amidine groups is 1. The van der Waals surface area contributed by atoms with Crippen LogP contribution in [-0.4, -0.2) is 22.4 Å². The van der Waals surface area contributed by atoms with Gasteiger partial charge in [-0.25, -0.2) is 0 Å². The van der Waals surface area contributed by atoms with Gasteiger partial charge in [-0.2, -0.15) is 0 Å². The van der Waals surface area contributed by atoms with E-state index in [0.29, 0.717) is 5.41 Å². The van der Waals surface area contributed by atoms with Gasteiger partial charge in [0.15, 0.2) is 5.17 Å². The maximum Gasteiger partial charge on any atom is 0.161 e. The predicted molar refractivity (Wildman–Crippen MR) is 93.1 cm³/mol. The molecular formula is C17H21N3S. The highest BCUT2D eigenvalue weighted by Crippen LogP contribution is 2.35. The number of aliphatic imine (C=N–C) groups is 1. The van der Waals surface area contributed by atoms with E-state index in [1.807, 2.05) is 24.0 Å². The molecule has 0 bridgehead atoms. The minimum atomic E-state index is 0.382. The molecule has 0 aliphatic carbocycles. The average Bonchev–Trinajstić information content (AvgIpc) is 2.56. The van der Waals surface area contributed by atoms with Crippen LogP contribution >= 0.6 is 11.8 Å². The summed E-state index contributed by atoms with van der Waals surface area (Å²) in [6.45, 7) is 5.47. The van der Waals surface area contributed by atoms with Gasteiger partial charge in [0, 0.05) is 23.9 Å². The first-order valence-electron chi connectivity index (χ1n) is 7.54. The number of hydrogen-bond acceptors (Lipinski definition) is 4. The van der Waals surface area contributed by atoms with Crippen LogP contribution in [0.2, 0.25) is 0 Å². The third kappa shape index (κ3) is 2.91. The van der Waals surface area contributed by atoms with Gasteiger partial charge in [-0.15, -0.1) is 0 Å². The Morgan fingerprint density at radius 1 is 1.19 bits per heavy atom. The number of pyridine rings is 1. The van der Waals surface area contributed by atoms with Gasteiger partial charge in [-0.3, -0.25) is 9.98 Å². The Kier molecular flexibility index (Phi) is 4.15. The van der Waals surface area contributed by atoms with Crippen LogP contribution in [0.3, 0.4) is 0 Å². The molecule has 0 unspecified atom stereocenters. The molecule has 1 aliphatic heterocycles. The summed E-state index contributed by atoms with van der Waals surface area (Å²) in [6, 6.07) is 10.3. The molecule has 0 amide bonds. The molecule has 0 fully saturated rings. The van der Waals surface area contributed by atoms with Gasteiger partial charge in [0.1, 0.15) is 0 Å². The smallest absolute Gasteiger partial charge is 0.161 e. The molecule has 4 heteroatoms. The van der Waals surface area contributed by atoms with Crippen LogP contribution in [0, 0.1) is 5.41 Å². The summed E-state index contributed by atoms with van der Waals surface area (Å²) in [7, 11) is 0. The minimum absolute atomic E-state index is 0.382. The molecule has 21 heavy (non-hydrogen) atoms. The fourth-order valence-electron chi connectivity index (χ4n) is 2.63. The number of para-hydroxylation sites is 1. The monoisotopic (exact) mass is 299 g/mol. The van der Waals surface area contributed by atoms with E-state index in [1.165, 1.54) is 12.8 Å². The normalized spacial score (nSPS) is 17.5. The molecule has 0 spiro atoms. The Morgan fingerprint density at radius 3 is 2.71 bits per heavy atom. The second-order valence-electron chi connectivity index (χ2n) is 5.62. The van der Waals surface area contributed by atoms with E-state index < -0.39 is 0 Å². The Bertz CT molecular complexity index is 657. The number of fused-ring (bicyclic) bond motifs is 1. The van der Waals surface area contributed by atoms with Crippen molar-refractivity contribution in [3.8, 4) is 0 Å². The zero-order valence-corrected chi connectivity index (χ0v) is 13.4. The third-order valence-electron chi connectivity index (χ3n) is 4.45. The van der Waals surface area contributed by atoms with E-state index in [4.69, 9.17) is 4.99 Å². The van der Waals surface area contributed by atoms with E-state index >= 15 is 0 Å². The third-order valence-corrected chi connectivity index (χ3v) is 5.71. The van der Waals surface area contributed by atoms with Crippen LogP contribution in [0.15, 0.2) is 41.5 Å². The topological polar surface area (TPSA) is 37.3 Å². The second-order valence-corrected chi connectivity index (χ2v) is 6.59. The minimum Gasteiger partial charge on any atom is -0.333 e. The standard InChI is InChI=1S/C17H21N3S/c1-3-17(4-2)11-19-16(21-12-17)20-14-9-5-7-13-8-6-10-18-15(13)14/h5-10H,3-4,11-12H2,1-2H3,(H,19,20). The van der Waals surface area contributed by atoms with Gasteiger partial charge in [0.2, 0.25) is 0 Å². The Hall–Kier alpha value is -1.55. The van der Waals surface area contributed by atoms with Crippen molar-refractivity contribution in [3.05, 3.63) is 36.5 Å². The highest BCUT2D eigenvalue weighted by atomic mass is 32.2. The van der Waals surface area contributed by atoms with E-state index in [1.54, 1.807) is 0 Å². The van der Waals surface area contributed by atoms with Crippen molar-refractivity contribution in [1.82, 2.24) is 4.98 Å². The number of thioether (sulfide) groups is 1. The zero-order chi connectivity index (χ0) is 14.7. The molecule has 1 aliphatic rings. The summed E-state index contributed by atoms with van der Waals surface area (Å²) in [5.41, 5.74) is 2.43. The van der Waals surface area contributed by atoms with Crippen LogP contribution < -0.4 is 5.32 Å². The van der Waals surface area contributed by atoms with E-state index in [-0.39, 0.29) is 0 Å². The molecule has 0 atom stereocenters. The molecule has 2 aromatic rings. The van der Waals surface area contributed by atoms with Crippen molar-refractivity contribution >= 4 is 33.5 Å². The van der Waals surface area contributed by atoms with Crippen LogP contribution in [0.1, 0.15) is 26.7 Å². The lowest BCUT2D eigenvalue weighted by molar-refractivity contribution is 0.318. The summed E-state index contributed by atoms with van der Waals surface area (Å²) in [6.07, 6.45) is 4.23. The quantitative estimate of drug-likeness (QED) is 0.903. The van der Waals surface area contributed by atoms with Crippen LogP contribution in [0.25, 0.3) is 10.9 Å². The van der Waals surface area contributed by atoms with Gasteiger partial charge in [0.05, 0.1) is 11.2 Å². The van der Waals surface area contributed by atoms with Gasteiger partial charge in [0.25, 0.3) is 0 Å². The number of rotatable bonds is 3. The van der Waals surface area contributed by atoms with Crippen LogP contribution in [-0.2, 0) is 0 Å². The summed E-state index contributed by atoms with van der Waals surface area (Å²) in [5.74, 6) is 1.14. The first-order chi connectivity index (χ1) is 10.3. The van der Waals surface area contributed by atoms with Gasteiger partial charge in [-0.1, -0.05) is 43.8 Å². The largest absolute Gasteiger partial charge is 0.333 e. The molecule has 0 radical (unpaired) electrons. The van der Waals surface area contributed by atoms with Crippen molar-refractivity contribution < 1.29 is 0 Å². The van der Waals surface area contributed by atoms with E-state index in [9.17, 15) is 0 Å². The lowest BCUT2D eigenvalue weighted by Gasteiger charge is -2.33. The number of nitrogens with one attached hydrogen (secondary N) is 1. The molecule has 0 saturated heterocycles. The van der Waals surface area contributed by atoms with Gasteiger partial charge < -0.3 is 5.32 Å². The molecule has 110 valence electrons. The predicted octanol–water partition coefficient (Wildman–Crippen LogP) is 4.56. The Labute approximate surface area is 130 Å². The SMILES string of the molecule is CCC1(CC)CN=C(Nc2cccc3cccnc23)SC1. The zero-order valence-electron chi connectivity index (χ0n) is 12.6. The molecule has 1 aromatic heterocycles. The summed E-state index contributed by atoms with van der Waals surface area (Å²) in [5, 5.41) is 5.63. The fraction of sp³-hybridized carbons (Fsp3) is 0.412. The number of hydrogen-bond donors (Lipinski definition) is 1. The summed E-state index contributed by atoms with van der Waals surface area (Å²) < 4.78 is 0. The first kappa shape index (κ1) is 14.4. The number of aromatic nitrogens is 1. The lowest BCUT2D eigenvalue weighted by atomic mass is 9.84. The second kappa shape index (κ2) is 6.06. The van der Waals surface area contributed by atoms with Crippen molar-refractivity contribution in [3.63, 3.8) is 0 Å². The Morgan fingerprint density at radius 2 is 2.00 bits per heavy atom. The van der Waals surface area contributed by atoms with Gasteiger partial charge >= 0.3 is 0 Å². The molecule has 1 aromatic carbocycles. The molecular weight excluding hydrogens is 278 g/mol. The van der Waals surface area contributed by atoms with Crippen LogP contribution in [0.5, 0.6) is 0 Å². The highest BCUT2D eigenvalue weighted by molar-refractivity contribution is 8.14. The first-order valence-corrected chi connectivity index (χ1v) is 8.53. The molecule has 2 heterocycles. The lowest BCUT2D eigenvalue weighted by Crippen LogP contribution is -2.32. The average molecular weight is 299 g/mol. The van der Waals surface area contributed by atoms with Gasteiger partial charge in [-0.05, 0) is 30.4 Å². The maximum atomic E-state index is 4.77. The van der Waals surface area contributed by atoms with Crippen molar-refractivity contribution in [2.45, 2.75) is 26.7 Å². The molecule has 3 nitrogen and oxygen atoms in total. The summed E-state index contributed by atoms with van der Waals surface area (Å²) >= 11 is 1.83. The van der Waals surface area contributed by atoms with E-state index in [0.717, 1.165) is 34.1 Å².